The zero-order valence-electron chi connectivity index (χ0n) is 10.7. The highest BCUT2D eigenvalue weighted by Gasteiger charge is 2.27. The van der Waals surface area contributed by atoms with E-state index in [1.54, 1.807) is 6.07 Å². The molecular formula is C14H18FIN2O. The second kappa shape index (κ2) is 6.65. The minimum Gasteiger partial charge on any atom is -0.336 e. The molecular weight excluding hydrogens is 358 g/mol. The van der Waals surface area contributed by atoms with Gasteiger partial charge in [0.2, 0.25) is 0 Å². The van der Waals surface area contributed by atoms with Gasteiger partial charge < -0.3 is 10.6 Å². The van der Waals surface area contributed by atoms with Crippen molar-refractivity contribution >= 4 is 28.5 Å². The number of carbonyl (C=O) groups excluding carboxylic acids is 1. The first-order valence-corrected chi connectivity index (χ1v) is 7.67. The fourth-order valence-electron chi connectivity index (χ4n) is 2.58. The van der Waals surface area contributed by atoms with E-state index in [1.807, 2.05) is 27.5 Å². The quantitative estimate of drug-likeness (QED) is 0.825. The molecule has 0 aromatic heterocycles. The molecule has 0 saturated carbocycles. The number of hydrogen-bond acceptors (Lipinski definition) is 2. The van der Waals surface area contributed by atoms with Crippen molar-refractivity contribution in [2.45, 2.75) is 31.7 Å². The molecule has 5 heteroatoms. The van der Waals surface area contributed by atoms with Crippen LogP contribution in [0.25, 0.3) is 0 Å². The molecule has 0 radical (unpaired) electrons. The molecule has 19 heavy (non-hydrogen) atoms. The molecule has 0 spiro atoms. The van der Waals surface area contributed by atoms with Crippen LogP contribution < -0.4 is 5.73 Å². The van der Waals surface area contributed by atoms with E-state index in [2.05, 4.69) is 0 Å². The Bertz CT molecular complexity index is 465. The Morgan fingerprint density at radius 3 is 2.95 bits per heavy atom. The maximum atomic E-state index is 13.1. The van der Waals surface area contributed by atoms with Gasteiger partial charge in [-0.05, 0) is 73.0 Å². The van der Waals surface area contributed by atoms with Crippen LogP contribution in [0.5, 0.6) is 0 Å². The summed E-state index contributed by atoms with van der Waals surface area (Å²) < 4.78 is 13.8. The van der Waals surface area contributed by atoms with Crippen LogP contribution in [0.1, 0.15) is 36.0 Å². The Morgan fingerprint density at radius 2 is 2.26 bits per heavy atom. The SMILES string of the molecule is NCCC1CCCCN1C(=O)c1ccc(F)cc1I. The van der Waals surface area contributed by atoms with Gasteiger partial charge in [0, 0.05) is 16.2 Å². The zero-order chi connectivity index (χ0) is 13.8. The highest BCUT2D eigenvalue weighted by Crippen LogP contribution is 2.24. The fourth-order valence-corrected chi connectivity index (χ4v) is 3.29. The van der Waals surface area contributed by atoms with Gasteiger partial charge in [-0.25, -0.2) is 4.39 Å². The molecule has 0 aliphatic carbocycles. The lowest BCUT2D eigenvalue weighted by atomic mass is 9.98. The predicted molar refractivity (Wildman–Crippen MR) is 81.5 cm³/mol. The van der Waals surface area contributed by atoms with Gasteiger partial charge in [-0.2, -0.15) is 0 Å². The van der Waals surface area contributed by atoms with Crippen molar-refractivity contribution in [3.63, 3.8) is 0 Å². The summed E-state index contributed by atoms with van der Waals surface area (Å²) in [5.41, 5.74) is 6.21. The summed E-state index contributed by atoms with van der Waals surface area (Å²) >= 11 is 2.01. The molecule has 1 aromatic carbocycles. The van der Waals surface area contributed by atoms with E-state index in [4.69, 9.17) is 5.73 Å². The van der Waals surface area contributed by atoms with E-state index in [-0.39, 0.29) is 17.8 Å². The topological polar surface area (TPSA) is 46.3 Å². The van der Waals surface area contributed by atoms with Crippen molar-refractivity contribution in [3.8, 4) is 0 Å². The van der Waals surface area contributed by atoms with E-state index in [0.717, 1.165) is 32.2 Å². The summed E-state index contributed by atoms with van der Waals surface area (Å²) in [7, 11) is 0. The lowest BCUT2D eigenvalue weighted by Gasteiger charge is -2.36. The Morgan fingerprint density at radius 1 is 1.47 bits per heavy atom. The molecule has 1 unspecified atom stereocenters. The third kappa shape index (κ3) is 3.45. The van der Waals surface area contributed by atoms with E-state index >= 15 is 0 Å². The molecule has 2 N–H and O–H groups in total. The molecule has 1 aliphatic heterocycles. The lowest BCUT2D eigenvalue weighted by molar-refractivity contribution is 0.0604. The second-order valence-electron chi connectivity index (χ2n) is 4.85. The van der Waals surface area contributed by atoms with Crippen molar-refractivity contribution < 1.29 is 9.18 Å². The first-order chi connectivity index (χ1) is 9.13. The van der Waals surface area contributed by atoms with Crippen LogP contribution in [0, 0.1) is 9.39 Å². The predicted octanol–water partition coefficient (Wildman–Crippen LogP) is 2.77. The largest absolute Gasteiger partial charge is 0.336 e. The molecule has 1 fully saturated rings. The summed E-state index contributed by atoms with van der Waals surface area (Å²) in [4.78, 5) is 14.5. The summed E-state index contributed by atoms with van der Waals surface area (Å²) in [5, 5.41) is 0. The number of likely N-dealkylation sites (tertiary alicyclic amines) is 1. The van der Waals surface area contributed by atoms with Crippen LogP contribution in [0.4, 0.5) is 4.39 Å². The van der Waals surface area contributed by atoms with Crippen LogP contribution in [0.3, 0.4) is 0 Å². The number of piperidine rings is 1. The van der Waals surface area contributed by atoms with Crippen LogP contribution in [0.2, 0.25) is 0 Å². The van der Waals surface area contributed by atoms with Crippen molar-refractivity contribution in [2.75, 3.05) is 13.1 Å². The number of rotatable bonds is 3. The molecule has 1 aliphatic rings. The molecule has 3 nitrogen and oxygen atoms in total. The van der Waals surface area contributed by atoms with Gasteiger partial charge in [0.1, 0.15) is 5.82 Å². The van der Waals surface area contributed by atoms with Gasteiger partial charge >= 0.3 is 0 Å². The molecule has 104 valence electrons. The number of amides is 1. The van der Waals surface area contributed by atoms with Crippen molar-refractivity contribution in [1.82, 2.24) is 4.90 Å². The fraction of sp³-hybridized carbons (Fsp3) is 0.500. The number of benzene rings is 1. The number of nitrogens with zero attached hydrogens (tertiary/aromatic N) is 1. The van der Waals surface area contributed by atoms with Crippen LogP contribution in [0.15, 0.2) is 18.2 Å². The maximum Gasteiger partial charge on any atom is 0.255 e. The molecule has 1 atom stereocenters. The Balaban J connectivity index is 2.21. The molecule has 2 rings (SSSR count). The molecule has 1 aromatic rings. The molecule has 1 saturated heterocycles. The molecule has 1 heterocycles. The van der Waals surface area contributed by atoms with Crippen LogP contribution in [-0.4, -0.2) is 29.9 Å². The zero-order valence-corrected chi connectivity index (χ0v) is 12.9. The highest BCUT2D eigenvalue weighted by atomic mass is 127. The van der Waals surface area contributed by atoms with Gasteiger partial charge in [0.15, 0.2) is 0 Å². The number of carbonyl (C=O) groups is 1. The van der Waals surface area contributed by atoms with E-state index in [0.29, 0.717) is 15.7 Å². The van der Waals surface area contributed by atoms with E-state index < -0.39 is 0 Å². The summed E-state index contributed by atoms with van der Waals surface area (Å²) in [6.45, 7) is 1.37. The standard InChI is InChI=1S/C14H18FIN2O/c15-10-4-5-12(13(16)9-10)14(19)18-8-2-1-3-11(18)6-7-17/h4-5,9,11H,1-3,6-8,17H2. The normalized spacial score (nSPS) is 19.5. The van der Waals surface area contributed by atoms with Crippen molar-refractivity contribution in [2.24, 2.45) is 5.73 Å². The lowest BCUT2D eigenvalue weighted by Crippen LogP contribution is -2.44. The third-order valence-corrected chi connectivity index (χ3v) is 4.44. The van der Waals surface area contributed by atoms with E-state index in [9.17, 15) is 9.18 Å². The second-order valence-corrected chi connectivity index (χ2v) is 6.01. The highest BCUT2D eigenvalue weighted by molar-refractivity contribution is 14.1. The molecule has 1 amide bonds. The van der Waals surface area contributed by atoms with Crippen molar-refractivity contribution in [3.05, 3.63) is 33.1 Å². The van der Waals surface area contributed by atoms with Gasteiger partial charge in [0.05, 0.1) is 5.56 Å². The summed E-state index contributed by atoms with van der Waals surface area (Å²) in [5.74, 6) is -0.305. The monoisotopic (exact) mass is 376 g/mol. The minimum absolute atomic E-state index is 0.00236. The van der Waals surface area contributed by atoms with Crippen molar-refractivity contribution in [1.29, 1.82) is 0 Å². The smallest absolute Gasteiger partial charge is 0.255 e. The Hall–Kier alpha value is -0.690. The number of hydrogen-bond donors (Lipinski definition) is 1. The third-order valence-electron chi connectivity index (χ3n) is 3.55. The Labute approximate surface area is 126 Å². The van der Waals surface area contributed by atoms with E-state index in [1.165, 1.54) is 12.1 Å². The van der Waals surface area contributed by atoms with Gasteiger partial charge in [-0.3, -0.25) is 4.79 Å². The average molecular weight is 376 g/mol. The van der Waals surface area contributed by atoms with Crippen LogP contribution in [-0.2, 0) is 0 Å². The summed E-state index contributed by atoms with van der Waals surface area (Å²) in [6, 6.07) is 4.55. The molecule has 0 bridgehead atoms. The number of nitrogens with two attached hydrogens (primary N) is 1. The summed E-state index contributed by atoms with van der Waals surface area (Å²) in [6.07, 6.45) is 4.03. The van der Waals surface area contributed by atoms with Gasteiger partial charge in [-0.1, -0.05) is 0 Å². The average Bonchev–Trinajstić information content (AvgIpc) is 2.39. The Kier molecular flexibility index (Phi) is 5.15. The first kappa shape index (κ1) is 14.7. The maximum absolute atomic E-state index is 13.1. The van der Waals surface area contributed by atoms with Crippen LogP contribution >= 0.6 is 22.6 Å². The minimum atomic E-state index is -0.307. The first-order valence-electron chi connectivity index (χ1n) is 6.59. The number of halogens is 2. The van der Waals surface area contributed by atoms with Gasteiger partial charge in [-0.15, -0.1) is 0 Å². The van der Waals surface area contributed by atoms with Gasteiger partial charge in [0.25, 0.3) is 5.91 Å².